The molecule has 20 heavy (non-hydrogen) atoms. The number of anilines is 1. The van der Waals surface area contributed by atoms with Crippen molar-refractivity contribution in [3.8, 4) is 0 Å². The Morgan fingerprint density at radius 2 is 1.40 bits per heavy atom. The van der Waals surface area contributed by atoms with Crippen molar-refractivity contribution in [1.29, 1.82) is 0 Å². The van der Waals surface area contributed by atoms with E-state index in [0.29, 0.717) is 0 Å². The van der Waals surface area contributed by atoms with Gasteiger partial charge in [-0.05, 0) is 70.8 Å². The summed E-state index contributed by atoms with van der Waals surface area (Å²) in [5, 5.41) is 0. The van der Waals surface area contributed by atoms with Crippen molar-refractivity contribution in [2.24, 2.45) is 0 Å². The molecule has 2 aromatic carbocycles. The minimum Gasteiger partial charge on any atom is -0.399 e. The third kappa shape index (κ3) is 3.73. The molecule has 1 fully saturated rings. The fourth-order valence-corrected chi connectivity index (χ4v) is 2.80. The van der Waals surface area contributed by atoms with Gasteiger partial charge in [0.25, 0.3) is 0 Å². The monoisotopic (exact) mass is 378 g/mol. The van der Waals surface area contributed by atoms with E-state index in [9.17, 15) is 0 Å². The Bertz CT molecular complexity index is 511. The highest BCUT2D eigenvalue weighted by molar-refractivity contribution is 14.1. The largest absolute Gasteiger partial charge is 0.399 e. The van der Waals surface area contributed by atoms with Gasteiger partial charge in [0.15, 0.2) is 0 Å². The molecule has 1 aliphatic rings. The topological polar surface area (TPSA) is 29.3 Å². The molecule has 0 aliphatic heterocycles. The number of hydrogen-bond donors (Lipinski definition) is 1. The van der Waals surface area contributed by atoms with E-state index in [1.165, 1.54) is 27.5 Å². The second kappa shape index (κ2) is 6.14. The van der Waals surface area contributed by atoms with Gasteiger partial charge in [-0.15, -0.1) is 0 Å². The summed E-state index contributed by atoms with van der Waals surface area (Å²) in [5.41, 5.74) is 9.33. The van der Waals surface area contributed by atoms with Gasteiger partial charge in [-0.25, -0.2) is 0 Å². The van der Waals surface area contributed by atoms with E-state index in [0.717, 1.165) is 24.8 Å². The van der Waals surface area contributed by atoms with Gasteiger partial charge in [-0.3, -0.25) is 4.90 Å². The zero-order chi connectivity index (χ0) is 13.9. The molecule has 0 aromatic heterocycles. The zero-order valence-corrected chi connectivity index (χ0v) is 13.6. The van der Waals surface area contributed by atoms with Gasteiger partial charge in [0, 0.05) is 28.4 Å². The fourth-order valence-electron chi connectivity index (χ4n) is 2.44. The average Bonchev–Trinajstić information content (AvgIpc) is 3.27. The first-order valence-electron chi connectivity index (χ1n) is 7.03. The average molecular weight is 378 g/mol. The van der Waals surface area contributed by atoms with E-state index < -0.39 is 0 Å². The number of hydrogen-bond acceptors (Lipinski definition) is 2. The van der Waals surface area contributed by atoms with Crippen LogP contribution >= 0.6 is 22.6 Å². The molecule has 0 heterocycles. The van der Waals surface area contributed by atoms with Crippen molar-refractivity contribution < 1.29 is 0 Å². The Morgan fingerprint density at radius 1 is 0.900 bits per heavy atom. The molecule has 0 atom stereocenters. The van der Waals surface area contributed by atoms with Gasteiger partial charge in [0.1, 0.15) is 0 Å². The summed E-state index contributed by atoms with van der Waals surface area (Å²) in [7, 11) is 0. The van der Waals surface area contributed by atoms with Crippen molar-refractivity contribution in [3.63, 3.8) is 0 Å². The summed E-state index contributed by atoms with van der Waals surface area (Å²) < 4.78 is 1.29. The number of nitrogens with two attached hydrogens (primary N) is 1. The molecule has 0 saturated heterocycles. The summed E-state index contributed by atoms with van der Waals surface area (Å²) in [6.07, 6.45) is 2.67. The van der Waals surface area contributed by atoms with Crippen LogP contribution in [0.3, 0.4) is 0 Å². The maximum Gasteiger partial charge on any atom is 0.0314 e. The molecule has 1 saturated carbocycles. The van der Waals surface area contributed by atoms with Gasteiger partial charge in [0.2, 0.25) is 0 Å². The van der Waals surface area contributed by atoms with Crippen LogP contribution in [-0.4, -0.2) is 10.9 Å². The van der Waals surface area contributed by atoms with Crippen LogP contribution in [0.5, 0.6) is 0 Å². The molecule has 2 aromatic rings. The summed E-state index contributed by atoms with van der Waals surface area (Å²) in [6.45, 7) is 2.04. The first-order chi connectivity index (χ1) is 9.70. The number of rotatable bonds is 5. The van der Waals surface area contributed by atoms with Crippen LogP contribution in [0.2, 0.25) is 0 Å². The molecule has 2 N–H and O–H groups in total. The quantitative estimate of drug-likeness (QED) is 0.629. The molecule has 0 radical (unpaired) electrons. The van der Waals surface area contributed by atoms with Crippen molar-refractivity contribution in [3.05, 3.63) is 63.2 Å². The van der Waals surface area contributed by atoms with Crippen LogP contribution in [0.1, 0.15) is 24.0 Å². The van der Waals surface area contributed by atoms with Gasteiger partial charge >= 0.3 is 0 Å². The van der Waals surface area contributed by atoms with Gasteiger partial charge in [0.05, 0.1) is 0 Å². The lowest BCUT2D eigenvalue weighted by Crippen LogP contribution is -2.25. The van der Waals surface area contributed by atoms with Gasteiger partial charge in [-0.2, -0.15) is 0 Å². The van der Waals surface area contributed by atoms with Crippen LogP contribution < -0.4 is 5.73 Å². The molecule has 0 amide bonds. The van der Waals surface area contributed by atoms with Crippen molar-refractivity contribution >= 4 is 28.3 Å². The van der Waals surface area contributed by atoms with Gasteiger partial charge < -0.3 is 5.73 Å². The van der Waals surface area contributed by atoms with Crippen LogP contribution in [0, 0.1) is 3.57 Å². The number of benzene rings is 2. The van der Waals surface area contributed by atoms with Crippen molar-refractivity contribution in [2.45, 2.75) is 32.0 Å². The molecule has 0 spiro atoms. The van der Waals surface area contributed by atoms with Crippen molar-refractivity contribution in [1.82, 2.24) is 4.90 Å². The fraction of sp³-hybridized carbons (Fsp3) is 0.294. The Hall–Kier alpha value is -1.07. The Balaban J connectivity index is 1.69. The molecule has 1 aliphatic carbocycles. The van der Waals surface area contributed by atoms with E-state index in [1.54, 1.807) is 0 Å². The maximum atomic E-state index is 5.75. The Morgan fingerprint density at radius 3 is 1.90 bits per heavy atom. The third-order valence-corrected chi connectivity index (χ3v) is 4.45. The normalized spacial score (nSPS) is 14.7. The second-order valence-corrected chi connectivity index (χ2v) is 6.75. The summed E-state index contributed by atoms with van der Waals surface area (Å²) in [6, 6.07) is 17.9. The summed E-state index contributed by atoms with van der Waals surface area (Å²) in [4.78, 5) is 2.58. The lowest BCUT2D eigenvalue weighted by Gasteiger charge is -2.22. The molecular weight excluding hydrogens is 359 g/mol. The highest BCUT2D eigenvalue weighted by atomic mass is 127. The highest BCUT2D eigenvalue weighted by Crippen LogP contribution is 2.30. The van der Waals surface area contributed by atoms with Crippen LogP contribution in [0.4, 0.5) is 5.69 Å². The predicted molar refractivity (Wildman–Crippen MR) is 92.3 cm³/mol. The van der Waals surface area contributed by atoms with E-state index in [1.807, 2.05) is 12.1 Å². The maximum absolute atomic E-state index is 5.75. The lowest BCUT2D eigenvalue weighted by atomic mass is 10.1. The summed E-state index contributed by atoms with van der Waals surface area (Å²) >= 11 is 2.35. The SMILES string of the molecule is Nc1ccc(CN(Cc2ccc(I)cc2)C2CC2)cc1. The van der Waals surface area contributed by atoms with Crippen LogP contribution in [-0.2, 0) is 13.1 Å². The predicted octanol–water partition coefficient (Wildman–Crippen LogP) is 4.04. The van der Waals surface area contributed by atoms with Crippen LogP contribution in [0.15, 0.2) is 48.5 Å². The van der Waals surface area contributed by atoms with Crippen molar-refractivity contribution in [2.75, 3.05) is 5.73 Å². The Kier molecular flexibility index (Phi) is 4.27. The minimum atomic E-state index is 0.756. The van der Waals surface area contributed by atoms with E-state index in [4.69, 9.17) is 5.73 Å². The standard InChI is InChI=1S/C17H19IN2/c18-15-5-1-13(2-6-15)11-20(17-9-10-17)12-14-3-7-16(19)8-4-14/h1-8,17H,9-12,19H2. The molecule has 3 heteroatoms. The van der Waals surface area contributed by atoms with E-state index >= 15 is 0 Å². The smallest absolute Gasteiger partial charge is 0.0314 e. The van der Waals surface area contributed by atoms with E-state index in [-0.39, 0.29) is 0 Å². The first-order valence-corrected chi connectivity index (χ1v) is 8.11. The molecular formula is C17H19IN2. The van der Waals surface area contributed by atoms with Crippen LogP contribution in [0.25, 0.3) is 0 Å². The number of halogens is 1. The molecule has 2 nitrogen and oxygen atoms in total. The zero-order valence-electron chi connectivity index (χ0n) is 11.4. The first kappa shape index (κ1) is 13.9. The molecule has 0 unspecified atom stereocenters. The van der Waals surface area contributed by atoms with E-state index in [2.05, 4.69) is 63.9 Å². The number of nitrogens with zero attached hydrogens (tertiary/aromatic N) is 1. The minimum absolute atomic E-state index is 0.756. The summed E-state index contributed by atoms with van der Waals surface area (Å²) in [5.74, 6) is 0. The van der Waals surface area contributed by atoms with Gasteiger partial charge in [-0.1, -0.05) is 24.3 Å². The number of nitrogen functional groups attached to an aromatic ring is 1. The lowest BCUT2D eigenvalue weighted by molar-refractivity contribution is 0.246. The second-order valence-electron chi connectivity index (χ2n) is 5.50. The molecule has 104 valence electrons. The highest BCUT2D eigenvalue weighted by Gasteiger charge is 2.28. The molecule has 0 bridgehead atoms. The third-order valence-electron chi connectivity index (χ3n) is 3.73. The Labute approximate surface area is 134 Å². The molecule has 3 rings (SSSR count).